The summed E-state index contributed by atoms with van der Waals surface area (Å²) in [5, 5.41) is 2.75. The zero-order valence-electron chi connectivity index (χ0n) is 18.1. The number of ether oxygens (including phenoxy) is 1. The molecule has 0 saturated carbocycles. The second-order valence-corrected chi connectivity index (χ2v) is 12.0. The fourth-order valence-electron chi connectivity index (χ4n) is 3.85. The minimum atomic E-state index is -3.65. The Morgan fingerprint density at radius 1 is 1.06 bits per heavy atom. The van der Waals surface area contributed by atoms with Gasteiger partial charge in [-0.1, -0.05) is 0 Å². The van der Waals surface area contributed by atoms with Crippen molar-refractivity contribution in [3.05, 3.63) is 18.2 Å². The van der Waals surface area contributed by atoms with Crippen molar-refractivity contribution in [2.24, 2.45) is 5.92 Å². The first-order chi connectivity index (χ1) is 14.6. The molecule has 1 aromatic rings. The van der Waals surface area contributed by atoms with E-state index in [-0.39, 0.29) is 23.0 Å². The molecule has 31 heavy (non-hydrogen) atoms. The van der Waals surface area contributed by atoms with Crippen LogP contribution in [-0.2, 0) is 25.0 Å². The molecule has 2 fully saturated rings. The molecule has 2 aliphatic heterocycles. The third kappa shape index (κ3) is 5.03. The van der Waals surface area contributed by atoms with Gasteiger partial charge in [-0.15, -0.1) is 0 Å². The Labute approximate surface area is 184 Å². The van der Waals surface area contributed by atoms with Crippen LogP contribution in [0, 0.1) is 5.92 Å². The Hall–Kier alpha value is -1.73. The molecule has 0 aliphatic carbocycles. The SMILES string of the molecule is COc1ccc(S(=O)(=O)N2CCCC2)cc1NC(=O)C1CCCN(S(=O)(=O)N(C)C)C1. The number of nitrogens with one attached hydrogen (secondary N) is 1. The molecule has 1 N–H and O–H groups in total. The van der Waals surface area contributed by atoms with Gasteiger partial charge in [-0.3, -0.25) is 4.79 Å². The first kappa shape index (κ1) is 23.9. The normalized spacial score (nSPS) is 21.4. The maximum atomic E-state index is 12.9. The molecule has 0 aromatic heterocycles. The highest BCUT2D eigenvalue weighted by molar-refractivity contribution is 7.89. The highest BCUT2D eigenvalue weighted by Gasteiger charge is 2.34. The Kier molecular flexibility index (Phi) is 7.26. The predicted octanol–water partition coefficient (Wildman–Crippen LogP) is 0.937. The number of piperidine rings is 1. The summed E-state index contributed by atoms with van der Waals surface area (Å²) in [6.07, 6.45) is 2.76. The van der Waals surface area contributed by atoms with E-state index < -0.39 is 26.2 Å². The molecule has 12 heteroatoms. The molecule has 1 unspecified atom stereocenters. The van der Waals surface area contributed by atoms with Crippen LogP contribution in [0.15, 0.2) is 23.1 Å². The number of methoxy groups -OCH3 is 1. The number of carbonyl (C=O) groups excluding carboxylic acids is 1. The van der Waals surface area contributed by atoms with Crippen LogP contribution in [0.25, 0.3) is 0 Å². The van der Waals surface area contributed by atoms with Gasteiger partial charge in [-0.25, -0.2) is 8.42 Å². The van der Waals surface area contributed by atoms with Gasteiger partial charge in [-0.2, -0.15) is 21.3 Å². The lowest BCUT2D eigenvalue weighted by Gasteiger charge is -2.32. The number of sulfonamides is 1. The summed E-state index contributed by atoms with van der Waals surface area (Å²) in [6, 6.07) is 4.39. The van der Waals surface area contributed by atoms with Crippen LogP contribution in [0.1, 0.15) is 25.7 Å². The van der Waals surface area contributed by atoms with Crippen LogP contribution in [0.2, 0.25) is 0 Å². The maximum Gasteiger partial charge on any atom is 0.281 e. The van der Waals surface area contributed by atoms with Crippen molar-refractivity contribution >= 4 is 31.8 Å². The summed E-state index contributed by atoms with van der Waals surface area (Å²) in [6.45, 7) is 1.39. The Morgan fingerprint density at radius 2 is 1.71 bits per heavy atom. The van der Waals surface area contributed by atoms with Gasteiger partial charge in [0.1, 0.15) is 5.75 Å². The molecule has 10 nitrogen and oxygen atoms in total. The Morgan fingerprint density at radius 3 is 2.32 bits per heavy atom. The zero-order chi connectivity index (χ0) is 22.8. The van der Waals surface area contributed by atoms with Crippen molar-refractivity contribution in [3.63, 3.8) is 0 Å². The van der Waals surface area contributed by atoms with Gasteiger partial charge < -0.3 is 10.1 Å². The average Bonchev–Trinajstić information content (AvgIpc) is 3.29. The largest absolute Gasteiger partial charge is 0.495 e. The fourth-order valence-corrected chi connectivity index (χ4v) is 6.59. The van der Waals surface area contributed by atoms with Crippen molar-refractivity contribution in [1.29, 1.82) is 0 Å². The molecule has 3 rings (SSSR count). The summed E-state index contributed by atoms with van der Waals surface area (Å²) in [5.41, 5.74) is 0.250. The second kappa shape index (κ2) is 9.41. The van der Waals surface area contributed by atoms with Crippen molar-refractivity contribution in [1.82, 2.24) is 12.9 Å². The van der Waals surface area contributed by atoms with E-state index in [1.807, 2.05) is 0 Å². The number of carbonyl (C=O) groups is 1. The maximum absolute atomic E-state index is 12.9. The molecular formula is C19H30N4O6S2. The van der Waals surface area contributed by atoms with E-state index in [9.17, 15) is 21.6 Å². The second-order valence-electron chi connectivity index (χ2n) is 7.95. The first-order valence-corrected chi connectivity index (χ1v) is 13.1. The molecule has 0 bridgehead atoms. The highest BCUT2D eigenvalue weighted by Crippen LogP contribution is 2.31. The minimum absolute atomic E-state index is 0.0699. The third-order valence-corrected chi connectivity index (χ3v) is 9.48. The predicted molar refractivity (Wildman–Crippen MR) is 117 cm³/mol. The lowest BCUT2D eigenvalue weighted by molar-refractivity contribution is -0.120. The van der Waals surface area contributed by atoms with Crippen molar-refractivity contribution < 1.29 is 26.4 Å². The number of amides is 1. The zero-order valence-corrected chi connectivity index (χ0v) is 19.7. The van der Waals surface area contributed by atoms with E-state index in [4.69, 9.17) is 4.74 Å². The van der Waals surface area contributed by atoms with E-state index in [0.29, 0.717) is 38.2 Å². The molecule has 0 radical (unpaired) electrons. The Bertz CT molecular complexity index is 1020. The quantitative estimate of drug-likeness (QED) is 0.629. The average molecular weight is 475 g/mol. The van der Waals surface area contributed by atoms with Gasteiger partial charge in [0.2, 0.25) is 15.9 Å². The summed E-state index contributed by atoms with van der Waals surface area (Å²) in [5.74, 6) is -0.581. The van der Waals surface area contributed by atoms with E-state index >= 15 is 0 Å². The van der Waals surface area contributed by atoms with Crippen LogP contribution >= 0.6 is 0 Å². The van der Waals surface area contributed by atoms with Crippen molar-refractivity contribution in [2.45, 2.75) is 30.6 Å². The molecule has 0 spiro atoms. The van der Waals surface area contributed by atoms with E-state index in [2.05, 4.69) is 5.32 Å². The van der Waals surface area contributed by atoms with Crippen molar-refractivity contribution in [3.8, 4) is 5.75 Å². The molecule has 2 heterocycles. The topological polar surface area (TPSA) is 116 Å². The van der Waals surface area contributed by atoms with E-state index in [1.165, 1.54) is 48.0 Å². The summed E-state index contributed by atoms with van der Waals surface area (Å²) in [4.78, 5) is 13.0. The summed E-state index contributed by atoms with van der Waals surface area (Å²) < 4.78 is 59.8. The molecule has 1 atom stereocenters. The molecule has 1 aromatic carbocycles. The lowest BCUT2D eigenvalue weighted by atomic mass is 9.98. The molecule has 1 amide bonds. The van der Waals surface area contributed by atoms with Gasteiger partial charge >= 0.3 is 0 Å². The smallest absolute Gasteiger partial charge is 0.281 e. The third-order valence-electron chi connectivity index (χ3n) is 5.67. The monoisotopic (exact) mass is 474 g/mol. The standard InChI is InChI=1S/C19H30N4O6S2/c1-21(2)31(27,28)23-12-6-7-15(14-23)19(24)20-17-13-16(8-9-18(17)29-3)30(25,26)22-10-4-5-11-22/h8-9,13,15H,4-7,10-12,14H2,1-3H3,(H,20,24). The first-order valence-electron chi connectivity index (χ1n) is 10.2. The molecular weight excluding hydrogens is 444 g/mol. The lowest BCUT2D eigenvalue weighted by Crippen LogP contribution is -2.47. The molecule has 2 saturated heterocycles. The van der Waals surface area contributed by atoms with E-state index in [1.54, 1.807) is 0 Å². The fraction of sp³-hybridized carbons (Fsp3) is 0.632. The number of hydrogen-bond donors (Lipinski definition) is 1. The molecule has 2 aliphatic rings. The van der Waals surface area contributed by atoms with Crippen molar-refractivity contribution in [2.75, 3.05) is 52.7 Å². The van der Waals surface area contributed by atoms with Crippen LogP contribution in [0.5, 0.6) is 5.75 Å². The van der Waals surface area contributed by atoms with Gasteiger partial charge in [0.15, 0.2) is 0 Å². The highest BCUT2D eigenvalue weighted by atomic mass is 32.2. The van der Waals surface area contributed by atoms with Gasteiger partial charge in [0.25, 0.3) is 10.2 Å². The number of nitrogens with zero attached hydrogens (tertiary/aromatic N) is 3. The number of anilines is 1. The van der Waals surface area contributed by atoms with E-state index in [0.717, 1.165) is 17.1 Å². The minimum Gasteiger partial charge on any atom is -0.495 e. The van der Waals surface area contributed by atoms with Gasteiger partial charge in [-0.05, 0) is 43.9 Å². The molecule has 174 valence electrons. The number of benzene rings is 1. The van der Waals surface area contributed by atoms with Gasteiger partial charge in [0.05, 0.1) is 23.6 Å². The number of hydrogen-bond acceptors (Lipinski definition) is 6. The summed E-state index contributed by atoms with van der Waals surface area (Å²) in [7, 11) is -2.92. The number of rotatable bonds is 7. The Balaban J connectivity index is 1.80. The van der Waals surface area contributed by atoms with Crippen LogP contribution in [0.4, 0.5) is 5.69 Å². The van der Waals surface area contributed by atoms with Crippen LogP contribution < -0.4 is 10.1 Å². The summed E-state index contributed by atoms with van der Waals surface area (Å²) >= 11 is 0. The van der Waals surface area contributed by atoms with Gasteiger partial charge in [0, 0.05) is 40.3 Å². The van der Waals surface area contributed by atoms with Crippen LogP contribution in [0.3, 0.4) is 0 Å². The van der Waals surface area contributed by atoms with Crippen LogP contribution in [-0.4, -0.2) is 83.0 Å².